The van der Waals surface area contributed by atoms with Crippen LogP contribution in [0.15, 0.2) is 48.6 Å². The Hall–Kier alpha value is -2.63. The molecule has 0 aliphatic rings. The topological polar surface area (TPSA) is 78.9 Å². The summed E-state index contributed by atoms with van der Waals surface area (Å²) in [4.78, 5) is 38.2. The van der Waals surface area contributed by atoms with Crippen LogP contribution in [0.2, 0.25) is 0 Å². The molecular weight excluding hydrogens is 841 g/mol. The number of carbonyl (C=O) groups excluding carboxylic acids is 3. The normalized spacial score (nSPS) is 12.3. The van der Waals surface area contributed by atoms with Gasteiger partial charge < -0.3 is 14.2 Å². The minimum Gasteiger partial charge on any atom is -0.462 e. The Balaban J connectivity index is 4.34. The molecule has 0 bridgehead atoms. The first-order valence-electron chi connectivity index (χ1n) is 29.6. The van der Waals surface area contributed by atoms with Gasteiger partial charge in [-0.2, -0.15) is 0 Å². The highest BCUT2D eigenvalue weighted by Crippen LogP contribution is 2.16. The van der Waals surface area contributed by atoms with Crippen LogP contribution in [0.3, 0.4) is 0 Å². The molecule has 6 heteroatoms. The van der Waals surface area contributed by atoms with Crippen LogP contribution in [0.4, 0.5) is 0 Å². The zero-order valence-electron chi connectivity index (χ0n) is 45.4. The van der Waals surface area contributed by atoms with Gasteiger partial charge in [0.2, 0.25) is 0 Å². The number of esters is 3. The van der Waals surface area contributed by atoms with Crippen LogP contribution in [0.25, 0.3) is 0 Å². The minimum atomic E-state index is -0.783. The molecule has 0 rings (SSSR count). The molecule has 6 nitrogen and oxygen atoms in total. The van der Waals surface area contributed by atoms with Crippen LogP contribution in [-0.4, -0.2) is 37.2 Å². The summed E-state index contributed by atoms with van der Waals surface area (Å²) in [6, 6.07) is 0. The van der Waals surface area contributed by atoms with Gasteiger partial charge in [0.25, 0.3) is 0 Å². The second kappa shape index (κ2) is 57.0. The van der Waals surface area contributed by atoms with Gasteiger partial charge in [-0.05, 0) is 96.3 Å². The van der Waals surface area contributed by atoms with E-state index in [-0.39, 0.29) is 31.1 Å². The lowest BCUT2D eigenvalue weighted by Gasteiger charge is -2.18. The van der Waals surface area contributed by atoms with E-state index in [1.807, 2.05) is 0 Å². The maximum atomic E-state index is 12.8. The molecule has 0 heterocycles. The maximum absolute atomic E-state index is 12.8. The minimum absolute atomic E-state index is 0.0805. The monoisotopic (exact) mass is 953 g/mol. The van der Waals surface area contributed by atoms with Crippen molar-refractivity contribution in [2.75, 3.05) is 13.2 Å². The van der Waals surface area contributed by atoms with E-state index < -0.39 is 6.10 Å². The first-order valence-corrected chi connectivity index (χ1v) is 29.6. The zero-order chi connectivity index (χ0) is 49.3. The van der Waals surface area contributed by atoms with Crippen molar-refractivity contribution in [3.05, 3.63) is 48.6 Å². The number of unbranched alkanes of at least 4 members (excludes halogenated alkanes) is 35. The molecule has 1 atom stereocenters. The van der Waals surface area contributed by atoms with Crippen LogP contribution < -0.4 is 0 Å². The smallest absolute Gasteiger partial charge is 0.306 e. The predicted molar refractivity (Wildman–Crippen MR) is 293 cm³/mol. The number of rotatable bonds is 54. The van der Waals surface area contributed by atoms with Crippen LogP contribution >= 0.6 is 0 Å². The maximum Gasteiger partial charge on any atom is 0.306 e. The lowest BCUT2D eigenvalue weighted by molar-refractivity contribution is -0.167. The van der Waals surface area contributed by atoms with E-state index in [2.05, 4.69) is 69.4 Å². The van der Waals surface area contributed by atoms with Gasteiger partial charge >= 0.3 is 17.9 Å². The summed E-state index contributed by atoms with van der Waals surface area (Å²) in [5.41, 5.74) is 0. The van der Waals surface area contributed by atoms with Crippen molar-refractivity contribution >= 4 is 17.9 Å². The van der Waals surface area contributed by atoms with E-state index in [0.717, 1.165) is 89.9 Å². The zero-order valence-corrected chi connectivity index (χ0v) is 45.4. The Morgan fingerprint density at radius 1 is 0.294 bits per heavy atom. The largest absolute Gasteiger partial charge is 0.462 e. The second-order valence-corrected chi connectivity index (χ2v) is 19.9. The SMILES string of the molecule is CCCC/C=C\C/C=C\CCCCCCCC(=O)OCC(COC(=O)CCCCCCCCCCC/C=C\CCCCCCCCCC)OC(=O)CCCCCCC/C=C\CCCCCCCC. The number of allylic oxidation sites excluding steroid dienone is 8. The fourth-order valence-electron chi connectivity index (χ4n) is 8.51. The number of hydrogen-bond acceptors (Lipinski definition) is 6. The molecule has 0 fully saturated rings. The lowest BCUT2D eigenvalue weighted by Crippen LogP contribution is -2.30. The van der Waals surface area contributed by atoms with Gasteiger partial charge in [0.1, 0.15) is 13.2 Å². The van der Waals surface area contributed by atoms with Gasteiger partial charge in [-0.3, -0.25) is 14.4 Å². The Morgan fingerprint density at radius 3 is 0.868 bits per heavy atom. The molecule has 0 aromatic rings. The van der Waals surface area contributed by atoms with Crippen molar-refractivity contribution < 1.29 is 28.6 Å². The van der Waals surface area contributed by atoms with Crippen molar-refractivity contribution in [1.29, 1.82) is 0 Å². The molecule has 0 radical (unpaired) electrons. The average molecular weight is 954 g/mol. The first kappa shape index (κ1) is 65.4. The van der Waals surface area contributed by atoms with Crippen LogP contribution in [0, 0.1) is 0 Å². The molecule has 0 N–H and O–H groups in total. The highest BCUT2D eigenvalue weighted by Gasteiger charge is 2.19. The standard InChI is InChI=1S/C62H112O6/c1-4-7-10-13-16-19-22-25-28-29-30-31-32-33-35-37-40-43-46-49-52-55-61(64)67-58-59(57-66-60(63)54-51-48-45-42-39-36-27-24-21-18-15-12-9-6-3)68-62(65)56-53-50-47-44-41-38-34-26-23-20-17-14-11-8-5-2/h15,18,24,26-27,29-30,34,59H,4-14,16-17,19-23,25,28,31-33,35-58H2,1-3H3/b18-15-,27-24-,30-29-,34-26-. The van der Waals surface area contributed by atoms with E-state index in [9.17, 15) is 14.4 Å². The van der Waals surface area contributed by atoms with Gasteiger partial charge in [0, 0.05) is 19.3 Å². The fraction of sp³-hybridized carbons (Fsp3) is 0.823. The van der Waals surface area contributed by atoms with Crippen molar-refractivity contribution in [2.45, 2.75) is 316 Å². The van der Waals surface area contributed by atoms with Gasteiger partial charge in [-0.15, -0.1) is 0 Å². The summed E-state index contributed by atoms with van der Waals surface area (Å²) in [7, 11) is 0. The Bertz CT molecular complexity index is 1190. The Morgan fingerprint density at radius 2 is 0.544 bits per heavy atom. The third-order valence-corrected chi connectivity index (χ3v) is 13.0. The summed E-state index contributed by atoms with van der Waals surface area (Å²) < 4.78 is 16.9. The Labute approximate surface area is 422 Å². The van der Waals surface area contributed by atoms with Crippen molar-refractivity contribution in [3.63, 3.8) is 0 Å². The molecule has 0 saturated heterocycles. The fourth-order valence-corrected chi connectivity index (χ4v) is 8.51. The van der Waals surface area contributed by atoms with E-state index in [1.54, 1.807) is 0 Å². The van der Waals surface area contributed by atoms with Crippen LogP contribution in [0.1, 0.15) is 310 Å². The average Bonchev–Trinajstić information content (AvgIpc) is 3.34. The highest BCUT2D eigenvalue weighted by atomic mass is 16.6. The van der Waals surface area contributed by atoms with E-state index >= 15 is 0 Å². The van der Waals surface area contributed by atoms with Crippen LogP contribution in [-0.2, 0) is 28.6 Å². The van der Waals surface area contributed by atoms with Gasteiger partial charge in [0.05, 0.1) is 0 Å². The summed E-state index contributed by atoms with van der Waals surface area (Å²) in [6.07, 6.45) is 69.6. The molecule has 0 aliphatic heterocycles. The van der Waals surface area contributed by atoms with Crippen molar-refractivity contribution in [1.82, 2.24) is 0 Å². The number of carbonyl (C=O) groups is 3. The molecule has 396 valence electrons. The van der Waals surface area contributed by atoms with Crippen molar-refractivity contribution in [3.8, 4) is 0 Å². The van der Waals surface area contributed by atoms with Crippen molar-refractivity contribution in [2.24, 2.45) is 0 Å². The second-order valence-electron chi connectivity index (χ2n) is 19.9. The molecule has 0 amide bonds. The summed E-state index contributed by atoms with van der Waals surface area (Å²) in [6.45, 7) is 6.61. The van der Waals surface area contributed by atoms with E-state index in [0.29, 0.717) is 19.3 Å². The number of hydrogen-bond donors (Lipinski definition) is 0. The third-order valence-electron chi connectivity index (χ3n) is 13.0. The number of ether oxygens (including phenoxy) is 3. The lowest BCUT2D eigenvalue weighted by atomic mass is 10.1. The molecule has 68 heavy (non-hydrogen) atoms. The third kappa shape index (κ3) is 54.3. The van der Waals surface area contributed by atoms with E-state index in [1.165, 1.54) is 180 Å². The summed E-state index contributed by atoms with van der Waals surface area (Å²) in [5.74, 6) is -0.892. The molecular formula is C62H112O6. The van der Waals surface area contributed by atoms with E-state index in [4.69, 9.17) is 14.2 Å². The Kier molecular flexibility index (Phi) is 54.8. The highest BCUT2D eigenvalue weighted by molar-refractivity contribution is 5.71. The molecule has 0 aromatic carbocycles. The first-order chi connectivity index (χ1) is 33.5. The molecule has 1 unspecified atom stereocenters. The summed E-state index contributed by atoms with van der Waals surface area (Å²) in [5, 5.41) is 0. The van der Waals surface area contributed by atoms with Crippen LogP contribution in [0.5, 0.6) is 0 Å². The molecule has 0 spiro atoms. The van der Waals surface area contributed by atoms with Gasteiger partial charge in [0.15, 0.2) is 6.10 Å². The van der Waals surface area contributed by atoms with Gasteiger partial charge in [-0.1, -0.05) is 243 Å². The quantitative estimate of drug-likeness (QED) is 0.0262. The molecule has 0 saturated carbocycles. The van der Waals surface area contributed by atoms with Gasteiger partial charge in [-0.25, -0.2) is 0 Å². The predicted octanol–water partition coefficient (Wildman–Crippen LogP) is 19.8. The summed E-state index contributed by atoms with van der Waals surface area (Å²) >= 11 is 0. The molecule has 0 aliphatic carbocycles. The molecule has 0 aromatic heterocycles.